The van der Waals surface area contributed by atoms with Gasteiger partial charge in [0.1, 0.15) is 11.6 Å². The SMILES string of the molecule is Fc1ccnc(Nc2nccc(C3CCN(Cc4cnc[nH]4)C3)n2)c1. The number of likely N-dealkylation sites (tertiary alicyclic amines) is 1. The average Bonchev–Trinajstić information content (AvgIpc) is 3.28. The highest BCUT2D eigenvalue weighted by Gasteiger charge is 2.25. The zero-order valence-corrected chi connectivity index (χ0v) is 13.6. The topological polar surface area (TPSA) is 82.6 Å². The number of aromatic amines is 1. The highest BCUT2D eigenvalue weighted by atomic mass is 19.1. The molecule has 7 nitrogen and oxygen atoms in total. The average molecular weight is 339 g/mol. The van der Waals surface area contributed by atoms with E-state index in [-0.39, 0.29) is 5.82 Å². The zero-order valence-electron chi connectivity index (χ0n) is 13.6. The number of hydrogen-bond acceptors (Lipinski definition) is 6. The molecule has 3 aromatic rings. The summed E-state index contributed by atoms with van der Waals surface area (Å²) in [6, 6.07) is 4.56. The lowest BCUT2D eigenvalue weighted by atomic mass is 10.1. The molecule has 0 spiro atoms. The monoisotopic (exact) mass is 339 g/mol. The van der Waals surface area contributed by atoms with E-state index in [0.717, 1.165) is 37.4 Å². The maximum atomic E-state index is 13.3. The largest absolute Gasteiger partial charge is 0.347 e. The Labute approximate surface area is 144 Å². The highest BCUT2D eigenvalue weighted by Crippen LogP contribution is 2.27. The molecule has 4 heterocycles. The van der Waals surface area contributed by atoms with Gasteiger partial charge in [0.05, 0.1) is 12.0 Å². The van der Waals surface area contributed by atoms with Gasteiger partial charge in [-0.05, 0) is 25.1 Å². The van der Waals surface area contributed by atoms with Crippen LogP contribution >= 0.6 is 0 Å². The molecule has 1 saturated heterocycles. The predicted molar refractivity (Wildman–Crippen MR) is 90.7 cm³/mol. The summed E-state index contributed by atoms with van der Waals surface area (Å²) in [6.07, 6.45) is 7.73. The van der Waals surface area contributed by atoms with Crippen molar-refractivity contribution >= 4 is 11.8 Å². The van der Waals surface area contributed by atoms with E-state index < -0.39 is 0 Å². The number of rotatable bonds is 5. The van der Waals surface area contributed by atoms with Crippen molar-refractivity contribution in [1.29, 1.82) is 0 Å². The van der Waals surface area contributed by atoms with Gasteiger partial charge in [0, 0.05) is 49.4 Å². The second-order valence-electron chi connectivity index (χ2n) is 6.09. The first-order valence-corrected chi connectivity index (χ1v) is 8.17. The molecule has 1 fully saturated rings. The minimum atomic E-state index is -0.348. The van der Waals surface area contributed by atoms with E-state index in [1.165, 1.54) is 18.3 Å². The van der Waals surface area contributed by atoms with Crippen molar-refractivity contribution in [3.05, 3.63) is 60.3 Å². The molecule has 4 rings (SSSR count). The molecule has 3 aromatic heterocycles. The van der Waals surface area contributed by atoms with Crippen LogP contribution in [0.25, 0.3) is 0 Å². The van der Waals surface area contributed by atoms with E-state index in [2.05, 4.69) is 35.1 Å². The van der Waals surface area contributed by atoms with Crippen LogP contribution in [-0.2, 0) is 6.54 Å². The second kappa shape index (κ2) is 6.94. The number of imidazole rings is 1. The van der Waals surface area contributed by atoms with Gasteiger partial charge in [-0.15, -0.1) is 0 Å². The molecular formula is C17H18FN7. The number of anilines is 2. The Bertz CT molecular complexity index is 837. The van der Waals surface area contributed by atoms with Crippen molar-refractivity contribution in [1.82, 2.24) is 29.8 Å². The third-order valence-electron chi connectivity index (χ3n) is 4.28. The van der Waals surface area contributed by atoms with E-state index in [1.807, 2.05) is 12.3 Å². The summed E-state index contributed by atoms with van der Waals surface area (Å²) < 4.78 is 13.3. The minimum Gasteiger partial charge on any atom is -0.347 e. The molecule has 25 heavy (non-hydrogen) atoms. The van der Waals surface area contributed by atoms with E-state index in [0.29, 0.717) is 17.7 Å². The number of halogens is 1. The number of nitrogens with one attached hydrogen (secondary N) is 2. The van der Waals surface area contributed by atoms with Crippen LogP contribution in [0.15, 0.2) is 43.1 Å². The number of hydrogen-bond donors (Lipinski definition) is 2. The maximum absolute atomic E-state index is 13.3. The van der Waals surface area contributed by atoms with Crippen LogP contribution in [0.2, 0.25) is 0 Å². The van der Waals surface area contributed by atoms with Crippen LogP contribution in [0.3, 0.4) is 0 Å². The quantitative estimate of drug-likeness (QED) is 0.743. The summed E-state index contributed by atoms with van der Waals surface area (Å²) in [5.41, 5.74) is 2.10. The molecule has 8 heteroatoms. The van der Waals surface area contributed by atoms with Gasteiger partial charge in [-0.2, -0.15) is 0 Å². The van der Waals surface area contributed by atoms with Crippen LogP contribution in [0.5, 0.6) is 0 Å². The van der Waals surface area contributed by atoms with E-state index >= 15 is 0 Å². The lowest BCUT2D eigenvalue weighted by Crippen LogP contribution is -2.20. The lowest BCUT2D eigenvalue weighted by molar-refractivity contribution is 0.323. The number of aromatic nitrogens is 5. The van der Waals surface area contributed by atoms with Gasteiger partial charge in [0.15, 0.2) is 0 Å². The zero-order chi connectivity index (χ0) is 17.1. The highest BCUT2D eigenvalue weighted by molar-refractivity contribution is 5.47. The minimum absolute atomic E-state index is 0.348. The van der Waals surface area contributed by atoms with Gasteiger partial charge < -0.3 is 10.3 Å². The number of H-pyrrole nitrogens is 1. The summed E-state index contributed by atoms with van der Waals surface area (Å²) >= 11 is 0. The molecule has 1 atom stereocenters. The van der Waals surface area contributed by atoms with Gasteiger partial charge in [-0.25, -0.2) is 24.3 Å². The van der Waals surface area contributed by atoms with Crippen LogP contribution < -0.4 is 5.32 Å². The Morgan fingerprint density at radius 3 is 3.04 bits per heavy atom. The molecule has 0 bridgehead atoms. The first-order valence-electron chi connectivity index (χ1n) is 8.17. The van der Waals surface area contributed by atoms with Crippen molar-refractivity contribution in [3.63, 3.8) is 0 Å². The summed E-state index contributed by atoms with van der Waals surface area (Å²) in [5.74, 6) is 0.831. The Kier molecular flexibility index (Phi) is 4.34. The van der Waals surface area contributed by atoms with E-state index in [9.17, 15) is 4.39 Å². The molecule has 0 saturated carbocycles. The Morgan fingerprint density at radius 2 is 2.20 bits per heavy atom. The smallest absolute Gasteiger partial charge is 0.228 e. The van der Waals surface area contributed by atoms with Gasteiger partial charge in [-0.3, -0.25) is 4.90 Å². The molecule has 0 radical (unpaired) electrons. The maximum Gasteiger partial charge on any atom is 0.228 e. The van der Waals surface area contributed by atoms with E-state index in [1.54, 1.807) is 12.5 Å². The Balaban J connectivity index is 1.43. The van der Waals surface area contributed by atoms with Crippen molar-refractivity contribution in [3.8, 4) is 0 Å². The number of nitrogens with zero attached hydrogens (tertiary/aromatic N) is 5. The lowest BCUT2D eigenvalue weighted by Gasteiger charge is -2.15. The fourth-order valence-electron chi connectivity index (χ4n) is 3.08. The predicted octanol–water partition coefficient (Wildman–Crippen LogP) is 2.47. The molecule has 1 aliphatic heterocycles. The van der Waals surface area contributed by atoms with Crippen molar-refractivity contribution < 1.29 is 4.39 Å². The van der Waals surface area contributed by atoms with Gasteiger partial charge in [0.25, 0.3) is 0 Å². The van der Waals surface area contributed by atoms with Crippen LogP contribution in [0, 0.1) is 5.82 Å². The third-order valence-corrected chi connectivity index (χ3v) is 4.28. The molecule has 0 aromatic carbocycles. The van der Waals surface area contributed by atoms with Crippen molar-refractivity contribution in [2.24, 2.45) is 0 Å². The first-order chi connectivity index (χ1) is 12.3. The molecule has 1 unspecified atom stereocenters. The Morgan fingerprint density at radius 1 is 1.28 bits per heavy atom. The van der Waals surface area contributed by atoms with Crippen molar-refractivity contribution in [2.45, 2.75) is 18.9 Å². The Hall–Kier alpha value is -2.87. The number of pyridine rings is 1. The molecular weight excluding hydrogens is 321 g/mol. The van der Waals surface area contributed by atoms with Crippen LogP contribution in [0.1, 0.15) is 23.7 Å². The summed E-state index contributed by atoms with van der Waals surface area (Å²) in [6.45, 7) is 2.81. The van der Waals surface area contributed by atoms with Crippen LogP contribution in [0.4, 0.5) is 16.2 Å². The standard InChI is InChI=1S/C17H18FN7/c18-13-1-4-20-16(7-13)24-17-21-5-2-15(23-17)12-3-6-25(9-12)10-14-8-19-11-22-14/h1-2,4-5,7-8,11-12H,3,6,9-10H2,(H,19,22)(H,20,21,23,24). The third kappa shape index (κ3) is 3.80. The van der Waals surface area contributed by atoms with Crippen molar-refractivity contribution in [2.75, 3.05) is 18.4 Å². The van der Waals surface area contributed by atoms with Gasteiger partial charge in [-0.1, -0.05) is 0 Å². The fraction of sp³-hybridized carbons (Fsp3) is 0.294. The summed E-state index contributed by atoms with van der Waals surface area (Å²) in [4.78, 5) is 22.4. The molecule has 0 aliphatic carbocycles. The van der Waals surface area contributed by atoms with Gasteiger partial charge in [0.2, 0.25) is 5.95 Å². The fourth-order valence-corrected chi connectivity index (χ4v) is 3.08. The normalized spacial score (nSPS) is 17.7. The molecule has 1 aliphatic rings. The van der Waals surface area contributed by atoms with Crippen LogP contribution in [-0.4, -0.2) is 42.9 Å². The van der Waals surface area contributed by atoms with E-state index in [4.69, 9.17) is 0 Å². The molecule has 0 amide bonds. The molecule has 128 valence electrons. The summed E-state index contributed by atoms with van der Waals surface area (Å²) in [5, 5.41) is 2.96. The van der Waals surface area contributed by atoms with Gasteiger partial charge >= 0.3 is 0 Å². The summed E-state index contributed by atoms with van der Waals surface area (Å²) in [7, 11) is 0. The second-order valence-corrected chi connectivity index (χ2v) is 6.09. The molecule has 2 N–H and O–H groups in total. The first kappa shape index (κ1) is 15.6.